The number of ether oxygens (including phenoxy) is 1. The molecule has 144 valence electrons. The average molecular weight is 392 g/mol. The first-order valence-electron chi connectivity index (χ1n) is 8.20. The quantitative estimate of drug-likeness (QED) is 0.766. The maximum atomic E-state index is 13.2. The summed E-state index contributed by atoms with van der Waals surface area (Å²) in [6.07, 6.45) is 1.74. The summed E-state index contributed by atoms with van der Waals surface area (Å²) in [5.74, 6) is -0.888. The zero-order valence-electron chi connectivity index (χ0n) is 15.2. The van der Waals surface area contributed by atoms with Gasteiger partial charge in [-0.15, -0.1) is 0 Å². The Morgan fingerprint density at radius 3 is 2.52 bits per heavy atom. The minimum absolute atomic E-state index is 0.0153. The highest BCUT2D eigenvalue weighted by Crippen LogP contribution is 2.29. The van der Waals surface area contributed by atoms with E-state index in [0.29, 0.717) is 11.4 Å². The molecule has 1 aromatic carbocycles. The molecule has 0 bridgehead atoms. The van der Waals surface area contributed by atoms with Gasteiger partial charge in [0.25, 0.3) is 0 Å². The van der Waals surface area contributed by atoms with E-state index in [1.807, 2.05) is 0 Å². The van der Waals surface area contributed by atoms with Gasteiger partial charge in [0.15, 0.2) is 0 Å². The number of carbonyl (C=O) groups is 2. The molecule has 1 aliphatic heterocycles. The largest absolute Gasteiger partial charge is 0.468 e. The molecule has 3 rings (SSSR count). The molecule has 27 heavy (non-hydrogen) atoms. The molecular weight excluding hydrogens is 372 g/mol. The highest BCUT2D eigenvalue weighted by molar-refractivity contribution is 7.89. The molecule has 1 N–H and O–H groups in total. The number of hydrogen-bond acceptors (Lipinski definition) is 6. The number of benzene rings is 1. The van der Waals surface area contributed by atoms with Crippen molar-refractivity contribution in [1.82, 2.24) is 13.9 Å². The summed E-state index contributed by atoms with van der Waals surface area (Å²) in [4.78, 5) is 27.6. The van der Waals surface area contributed by atoms with Crippen molar-refractivity contribution in [3.63, 3.8) is 0 Å². The van der Waals surface area contributed by atoms with Crippen LogP contribution in [0.3, 0.4) is 0 Å². The summed E-state index contributed by atoms with van der Waals surface area (Å²) < 4.78 is 34.1. The molecule has 1 aliphatic rings. The number of carbonyl (C=O) groups excluding carboxylic acids is 2. The van der Waals surface area contributed by atoms with Crippen molar-refractivity contribution in [2.24, 2.45) is 7.05 Å². The van der Waals surface area contributed by atoms with Crippen LogP contribution in [0.25, 0.3) is 0 Å². The third kappa shape index (κ3) is 3.58. The first kappa shape index (κ1) is 19.1. The van der Waals surface area contributed by atoms with Crippen molar-refractivity contribution in [1.29, 1.82) is 0 Å². The number of amides is 1. The molecule has 2 aromatic rings. The van der Waals surface area contributed by atoms with Crippen LogP contribution >= 0.6 is 0 Å². The predicted molar refractivity (Wildman–Crippen MR) is 96.2 cm³/mol. The molecule has 0 aliphatic carbocycles. The molecule has 0 saturated heterocycles. The smallest absolute Gasteiger partial charge is 0.324 e. The van der Waals surface area contributed by atoms with Gasteiger partial charge in [-0.25, -0.2) is 13.4 Å². The van der Waals surface area contributed by atoms with Crippen LogP contribution in [0.2, 0.25) is 0 Å². The normalized spacial score (nSPS) is 17.2. The van der Waals surface area contributed by atoms with Gasteiger partial charge in [-0.2, -0.15) is 4.31 Å². The number of nitrogens with one attached hydrogen (secondary N) is 1. The number of nitrogens with zero attached hydrogens (tertiary/aromatic N) is 3. The molecule has 1 amide bonds. The highest BCUT2D eigenvalue weighted by atomic mass is 32.2. The van der Waals surface area contributed by atoms with Gasteiger partial charge in [0.2, 0.25) is 15.9 Å². The van der Waals surface area contributed by atoms with Crippen LogP contribution in [0.4, 0.5) is 5.69 Å². The molecule has 0 unspecified atom stereocenters. The third-order valence-electron chi connectivity index (χ3n) is 4.44. The Hall–Kier alpha value is -2.72. The van der Waals surface area contributed by atoms with E-state index < -0.39 is 22.0 Å². The molecule has 10 heteroatoms. The van der Waals surface area contributed by atoms with Gasteiger partial charge in [-0.3, -0.25) is 9.59 Å². The molecule has 2 heterocycles. The van der Waals surface area contributed by atoms with Crippen LogP contribution in [-0.4, -0.2) is 47.3 Å². The number of fused-ring (bicyclic) bond motifs is 1. The Kier molecular flexibility index (Phi) is 5.03. The molecule has 9 nitrogen and oxygen atoms in total. The van der Waals surface area contributed by atoms with Crippen LogP contribution in [-0.2, 0) is 44.4 Å². The van der Waals surface area contributed by atoms with Crippen molar-refractivity contribution in [3.8, 4) is 0 Å². The second-order valence-corrected chi connectivity index (χ2v) is 8.14. The topological polar surface area (TPSA) is 111 Å². The monoisotopic (exact) mass is 392 g/mol. The van der Waals surface area contributed by atoms with E-state index in [1.165, 1.54) is 38.3 Å². The van der Waals surface area contributed by atoms with E-state index in [1.54, 1.807) is 17.9 Å². The molecule has 0 radical (unpaired) electrons. The molecule has 0 fully saturated rings. The lowest BCUT2D eigenvalue weighted by Gasteiger charge is -2.32. The second kappa shape index (κ2) is 7.12. The number of sulfonamides is 1. The number of aromatic nitrogens is 2. The van der Waals surface area contributed by atoms with Crippen LogP contribution in [0.15, 0.2) is 35.5 Å². The van der Waals surface area contributed by atoms with Crippen LogP contribution in [0, 0.1) is 0 Å². The molecule has 0 spiro atoms. The van der Waals surface area contributed by atoms with Crippen molar-refractivity contribution < 1.29 is 22.7 Å². The SMILES string of the molecule is COC(=O)[C@@H]1Cc2ncn(C)c2CN1S(=O)(=O)c1ccc(NC(C)=O)cc1. The van der Waals surface area contributed by atoms with E-state index in [-0.39, 0.29) is 23.8 Å². The lowest BCUT2D eigenvalue weighted by Crippen LogP contribution is -2.49. The Bertz CT molecular complexity index is 981. The third-order valence-corrected chi connectivity index (χ3v) is 6.31. The van der Waals surface area contributed by atoms with Gasteiger partial charge in [0.1, 0.15) is 6.04 Å². The van der Waals surface area contributed by atoms with Crippen LogP contribution in [0.1, 0.15) is 18.3 Å². The lowest BCUT2D eigenvalue weighted by atomic mass is 10.1. The van der Waals surface area contributed by atoms with E-state index in [2.05, 4.69) is 10.3 Å². The zero-order valence-corrected chi connectivity index (χ0v) is 16.0. The van der Waals surface area contributed by atoms with Gasteiger partial charge >= 0.3 is 5.97 Å². The van der Waals surface area contributed by atoms with Gasteiger partial charge < -0.3 is 14.6 Å². The molecule has 1 aromatic heterocycles. The zero-order chi connectivity index (χ0) is 19.8. The maximum absolute atomic E-state index is 13.2. The van der Waals surface area contributed by atoms with Gasteiger partial charge in [0, 0.05) is 26.1 Å². The highest BCUT2D eigenvalue weighted by Gasteiger charge is 2.41. The van der Waals surface area contributed by atoms with E-state index in [9.17, 15) is 18.0 Å². The van der Waals surface area contributed by atoms with Crippen molar-refractivity contribution in [3.05, 3.63) is 42.0 Å². The van der Waals surface area contributed by atoms with Crippen LogP contribution in [0.5, 0.6) is 0 Å². The van der Waals surface area contributed by atoms with E-state index in [0.717, 1.165) is 10.00 Å². The van der Waals surface area contributed by atoms with Crippen LogP contribution < -0.4 is 5.32 Å². The number of aryl methyl sites for hydroxylation is 1. The molecule has 1 atom stereocenters. The maximum Gasteiger partial charge on any atom is 0.324 e. The Balaban J connectivity index is 1.98. The standard InChI is InChI=1S/C17H20N4O5S/c1-11(22)19-12-4-6-13(7-5-12)27(24,25)21-9-16-14(18-10-20(16)2)8-15(21)17(23)26-3/h4-7,10,15H,8-9H2,1-3H3,(H,19,22)/t15-/m0/s1. The number of imidazole rings is 1. The number of methoxy groups -OCH3 is 1. The fourth-order valence-electron chi connectivity index (χ4n) is 3.06. The minimum Gasteiger partial charge on any atom is -0.468 e. The van der Waals surface area contributed by atoms with Gasteiger partial charge in [0.05, 0.1) is 36.3 Å². The first-order valence-corrected chi connectivity index (χ1v) is 9.64. The minimum atomic E-state index is -3.97. The van der Waals surface area contributed by atoms with Gasteiger partial charge in [-0.1, -0.05) is 0 Å². The van der Waals surface area contributed by atoms with Crippen molar-refractivity contribution in [2.45, 2.75) is 30.8 Å². The molecular formula is C17H20N4O5S. The summed E-state index contributed by atoms with van der Waals surface area (Å²) in [7, 11) is -0.970. The Labute approximate surface area is 157 Å². The summed E-state index contributed by atoms with van der Waals surface area (Å²) in [5.41, 5.74) is 1.90. The summed E-state index contributed by atoms with van der Waals surface area (Å²) in [6, 6.07) is 4.81. The fraction of sp³-hybridized carbons (Fsp3) is 0.353. The number of anilines is 1. The van der Waals surface area contributed by atoms with E-state index in [4.69, 9.17) is 4.74 Å². The Morgan fingerprint density at radius 1 is 1.26 bits per heavy atom. The van der Waals surface area contributed by atoms with Crippen molar-refractivity contribution in [2.75, 3.05) is 12.4 Å². The summed E-state index contributed by atoms with van der Waals surface area (Å²) in [6.45, 7) is 1.38. The lowest BCUT2D eigenvalue weighted by molar-refractivity contribution is -0.145. The molecule has 0 saturated carbocycles. The van der Waals surface area contributed by atoms with Gasteiger partial charge in [-0.05, 0) is 24.3 Å². The fourth-order valence-corrected chi connectivity index (χ4v) is 4.60. The number of esters is 1. The predicted octanol–water partition coefficient (Wildman–Crippen LogP) is 0.667. The van der Waals surface area contributed by atoms with Crippen molar-refractivity contribution >= 4 is 27.6 Å². The second-order valence-electron chi connectivity index (χ2n) is 6.25. The Morgan fingerprint density at radius 2 is 1.93 bits per heavy atom. The number of rotatable bonds is 4. The number of hydrogen-bond donors (Lipinski definition) is 1. The van der Waals surface area contributed by atoms with E-state index >= 15 is 0 Å². The summed E-state index contributed by atoms with van der Waals surface area (Å²) in [5, 5.41) is 2.58. The first-order chi connectivity index (χ1) is 12.7. The average Bonchev–Trinajstić information content (AvgIpc) is 3.00. The summed E-state index contributed by atoms with van der Waals surface area (Å²) >= 11 is 0.